The number of carbonyl (C=O) groups excluding carboxylic acids is 1. The van der Waals surface area contributed by atoms with E-state index in [1.54, 1.807) is 7.11 Å². The molecule has 4 rings (SSSR count). The van der Waals surface area contributed by atoms with Gasteiger partial charge in [0, 0.05) is 53.9 Å². The number of hydrogen-bond donors (Lipinski definition) is 2. The highest BCUT2D eigenvalue weighted by Gasteiger charge is 2.22. The van der Waals surface area contributed by atoms with Crippen LogP contribution in [0.1, 0.15) is 16.1 Å². The summed E-state index contributed by atoms with van der Waals surface area (Å²) >= 11 is 0. The minimum absolute atomic E-state index is 0. The number of Topliss-reactive ketones (excluding diaryl/α,β-unsaturated/α-hetero) is 1. The van der Waals surface area contributed by atoms with Crippen molar-refractivity contribution in [2.45, 2.75) is 13.0 Å². The number of anilines is 1. The van der Waals surface area contributed by atoms with Gasteiger partial charge in [-0.05, 0) is 30.3 Å². The van der Waals surface area contributed by atoms with E-state index < -0.39 is 0 Å². The highest BCUT2D eigenvalue weighted by molar-refractivity contribution is 6.11. The van der Waals surface area contributed by atoms with Crippen molar-refractivity contribution in [1.29, 1.82) is 0 Å². The Bertz CT molecular complexity index is 939. The van der Waals surface area contributed by atoms with Gasteiger partial charge < -0.3 is 19.9 Å². The standard InChI is InChI=1S/C21H23N3O2.2ClH/c1-26-16-8-6-15(7-9-16)23-14-20(25)21-17-4-2-3-5-18(17)24-13-12-22-11-10-19(21)24;;/h2-9,22-23H,10-14H2,1H3;2*1H. The maximum atomic E-state index is 13.1. The van der Waals surface area contributed by atoms with Crippen LogP contribution in [0.25, 0.3) is 10.9 Å². The average molecular weight is 422 g/mol. The van der Waals surface area contributed by atoms with Crippen molar-refractivity contribution in [2.75, 3.05) is 32.1 Å². The Morgan fingerprint density at radius 2 is 1.86 bits per heavy atom. The summed E-state index contributed by atoms with van der Waals surface area (Å²) in [6.07, 6.45) is 0.873. The molecule has 0 bridgehead atoms. The molecule has 1 aliphatic rings. The summed E-state index contributed by atoms with van der Waals surface area (Å²) in [4.78, 5) is 13.1. The van der Waals surface area contributed by atoms with Crippen molar-refractivity contribution >= 4 is 47.2 Å². The quantitative estimate of drug-likeness (QED) is 0.612. The van der Waals surface area contributed by atoms with Crippen molar-refractivity contribution in [3.63, 3.8) is 0 Å². The molecule has 28 heavy (non-hydrogen) atoms. The number of nitrogens with one attached hydrogen (secondary N) is 2. The van der Waals surface area contributed by atoms with Gasteiger partial charge in [0.05, 0.1) is 13.7 Å². The van der Waals surface area contributed by atoms with Crippen molar-refractivity contribution in [3.8, 4) is 5.75 Å². The van der Waals surface area contributed by atoms with Gasteiger partial charge in [-0.2, -0.15) is 0 Å². The Labute approximate surface area is 177 Å². The fourth-order valence-corrected chi connectivity index (χ4v) is 3.68. The molecule has 1 aromatic heterocycles. The second-order valence-corrected chi connectivity index (χ2v) is 6.50. The number of hydrogen-bond acceptors (Lipinski definition) is 4. The number of halogens is 2. The van der Waals surface area contributed by atoms with Crippen molar-refractivity contribution in [3.05, 3.63) is 59.8 Å². The Morgan fingerprint density at radius 3 is 2.61 bits per heavy atom. The lowest BCUT2D eigenvalue weighted by Crippen LogP contribution is -2.18. The van der Waals surface area contributed by atoms with Gasteiger partial charge in [-0.25, -0.2) is 0 Å². The second-order valence-electron chi connectivity index (χ2n) is 6.50. The van der Waals surface area contributed by atoms with Gasteiger partial charge in [0.25, 0.3) is 0 Å². The lowest BCUT2D eigenvalue weighted by Gasteiger charge is -2.09. The lowest BCUT2D eigenvalue weighted by molar-refractivity contribution is 0.101. The van der Waals surface area contributed by atoms with Crippen LogP contribution in [0.5, 0.6) is 5.75 Å². The van der Waals surface area contributed by atoms with Crippen LogP contribution in [0.2, 0.25) is 0 Å². The first-order chi connectivity index (χ1) is 12.8. The van der Waals surface area contributed by atoms with Crippen LogP contribution in [0.4, 0.5) is 5.69 Å². The van der Waals surface area contributed by atoms with E-state index in [4.69, 9.17) is 4.74 Å². The molecule has 5 nitrogen and oxygen atoms in total. The Kier molecular flexibility index (Phi) is 7.75. The van der Waals surface area contributed by atoms with Crippen LogP contribution in [0.15, 0.2) is 48.5 Å². The van der Waals surface area contributed by atoms with E-state index in [1.807, 2.05) is 36.4 Å². The van der Waals surface area contributed by atoms with E-state index in [-0.39, 0.29) is 37.1 Å². The van der Waals surface area contributed by atoms with Gasteiger partial charge in [-0.1, -0.05) is 18.2 Å². The number of fused-ring (bicyclic) bond motifs is 3. The van der Waals surface area contributed by atoms with Gasteiger partial charge in [0.15, 0.2) is 5.78 Å². The molecule has 0 saturated carbocycles. The van der Waals surface area contributed by atoms with Crippen molar-refractivity contribution in [2.24, 2.45) is 0 Å². The van der Waals surface area contributed by atoms with E-state index in [9.17, 15) is 4.79 Å². The molecule has 0 radical (unpaired) electrons. The van der Waals surface area contributed by atoms with Crippen LogP contribution >= 0.6 is 24.8 Å². The van der Waals surface area contributed by atoms with Gasteiger partial charge >= 0.3 is 0 Å². The SMILES string of the molecule is COc1ccc(NCC(=O)c2c3n(c4ccccc24)CCNCC3)cc1.Cl.Cl. The largest absolute Gasteiger partial charge is 0.497 e. The molecule has 2 aromatic carbocycles. The predicted octanol–water partition coefficient (Wildman–Crippen LogP) is 3.93. The summed E-state index contributed by atoms with van der Waals surface area (Å²) in [5, 5.41) is 7.72. The van der Waals surface area contributed by atoms with E-state index >= 15 is 0 Å². The first kappa shape index (κ1) is 22.1. The van der Waals surface area contributed by atoms with Crippen LogP contribution in [0, 0.1) is 0 Å². The molecule has 7 heteroatoms. The molecule has 3 aromatic rings. The van der Waals surface area contributed by atoms with E-state index in [1.165, 1.54) is 0 Å². The number of para-hydroxylation sites is 1. The van der Waals surface area contributed by atoms with Crippen molar-refractivity contribution in [1.82, 2.24) is 9.88 Å². The fraction of sp³-hybridized carbons (Fsp3) is 0.286. The number of nitrogens with zero attached hydrogens (tertiary/aromatic N) is 1. The molecule has 0 fully saturated rings. The minimum Gasteiger partial charge on any atom is -0.497 e. The average Bonchev–Trinajstić information content (AvgIpc) is 2.82. The molecule has 0 atom stereocenters. The number of rotatable bonds is 5. The van der Waals surface area contributed by atoms with Crippen LogP contribution in [0.3, 0.4) is 0 Å². The van der Waals surface area contributed by atoms with E-state index in [0.29, 0.717) is 0 Å². The molecule has 0 aliphatic carbocycles. The van der Waals surface area contributed by atoms with Gasteiger partial charge in [0.2, 0.25) is 0 Å². The molecule has 0 amide bonds. The summed E-state index contributed by atoms with van der Waals surface area (Å²) < 4.78 is 7.47. The van der Waals surface area contributed by atoms with E-state index in [2.05, 4.69) is 27.3 Å². The van der Waals surface area contributed by atoms with Crippen LogP contribution in [-0.4, -0.2) is 37.1 Å². The number of methoxy groups -OCH3 is 1. The molecule has 0 saturated heterocycles. The number of ether oxygens (including phenoxy) is 1. The summed E-state index contributed by atoms with van der Waals surface area (Å²) in [7, 11) is 1.64. The van der Waals surface area contributed by atoms with E-state index in [0.717, 1.165) is 59.7 Å². The maximum Gasteiger partial charge on any atom is 0.184 e. The third-order valence-electron chi connectivity index (χ3n) is 4.95. The predicted molar refractivity (Wildman–Crippen MR) is 119 cm³/mol. The number of aromatic nitrogens is 1. The monoisotopic (exact) mass is 421 g/mol. The topological polar surface area (TPSA) is 55.3 Å². The summed E-state index contributed by atoms with van der Waals surface area (Å²) in [5.41, 5.74) is 4.08. The Hall–Kier alpha value is -2.21. The molecule has 0 spiro atoms. The molecule has 0 unspecified atom stereocenters. The fourth-order valence-electron chi connectivity index (χ4n) is 3.68. The zero-order chi connectivity index (χ0) is 17.9. The number of carbonyl (C=O) groups is 1. The molecule has 2 N–H and O–H groups in total. The molecule has 150 valence electrons. The summed E-state index contributed by atoms with van der Waals surface area (Å²) in [6, 6.07) is 15.8. The van der Waals surface area contributed by atoms with Crippen molar-refractivity contribution < 1.29 is 9.53 Å². The lowest BCUT2D eigenvalue weighted by atomic mass is 10.0. The molecular formula is C21H25Cl2N3O2. The second kappa shape index (κ2) is 9.82. The first-order valence-corrected chi connectivity index (χ1v) is 9.00. The van der Waals surface area contributed by atoms with Gasteiger partial charge in [0.1, 0.15) is 5.75 Å². The third kappa shape index (κ3) is 4.27. The van der Waals surface area contributed by atoms with Gasteiger partial charge in [-0.15, -0.1) is 24.8 Å². The third-order valence-corrected chi connectivity index (χ3v) is 4.95. The Balaban J connectivity index is 0.00000140. The number of benzene rings is 2. The van der Waals surface area contributed by atoms with Crippen LogP contribution in [-0.2, 0) is 13.0 Å². The zero-order valence-electron chi connectivity index (χ0n) is 15.7. The molecule has 1 aliphatic heterocycles. The minimum atomic E-state index is 0. The summed E-state index contributed by atoms with van der Waals surface area (Å²) in [6.45, 7) is 3.02. The zero-order valence-corrected chi connectivity index (χ0v) is 17.4. The first-order valence-electron chi connectivity index (χ1n) is 9.00. The Morgan fingerprint density at radius 1 is 1.11 bits per heavy atom. The van der Waals surface area contributed by atoms with Crippen LogP contribution < -0.4 is 15.4 Å². The summed E-state index contributed by atoms with van der Waals surface area (Å²) in [5.74, 6) is 0.936. The highest BCUT2D eigenvalue weighted by atomic mass is 35.5. The molecular weight excluding hydrogens is 397 g/mol. The maximum absolute atomic E-state index is 13.1. The molecule has 2 heterocycles. The smallest absolute Gasteiger partial charge is 0.184 e. The van der Waals surface area contributed by atoms with Gasteiger partial charge in [-0.3, -0.25) is 4.79 Å². The number of ketones is 1. The normalized spacial score (nSPS) is 12.9. The highest BCUT2D eigenvalue weighted by Crippen LogP contribution is 2.28.